The molecule has 0 saturated carbocycles. The van der Waals surface area contributed by atoms with Gasteiger partial charge in [0.05, 0.1) is 6.42 Å². The quantitative estimate of drug-likeness (QED) is 0.393. The predicted octanol–water partition coefficient (Wildman–Crippen LogP) is 1.48. The Bertz CT molecular complexity index is 858. The van der Waals surface area contributed by atoms with Gasteiger partial charge in [0.2, 0.25) is 0 Å². The highest BCUT2D eigenvalue weighted by molar-refractivity contribution is 5.84. The number of alkyl carbamates (subject to hydrolysis) is 1. The Balaban J connectivity index is 0.000000343. The van der Waals surface area contributed by atoms with Gasteiger partial charge >= 0.3 is 24.0 Å². The molecule has 0 aliphatic carbocycles. The van der Waals surface area contributed by atoms with Gasteiger partial charge in [0, 0.05) is 0 Å². The van der Waals surface area contributed by atoms with Crippen molar-refractivity contribution in [3.05, 3.63) is 71.8 Å². The molecule has 166 valence electrons. The number of ether oxygens (including phenoxy) is 1. The zero-order valence-electron chi connectivity index (χ0n) is 16.5. The molecule has 1 amide bonds. The van der Waals surface area contributed by atoms with Crippen LogP contribution in [0.4, 0.5) is 4.79 Å². The first-order valence-corrected chi connectivity index (χ1v) is 9.13. The van der Waals surface area contributed by atoms with E-state index >= 15 is 0 Å². The highest BCUT2D eigenvalue weighted by Crippen LogP contribution is 2.02. The lowest BCUT2D eigenvalue weighted by Crippen LogP contribution is -2.42. The molecule has 6 N–H and O–H groups in total. The minimum absolute atomic E-state index is 0.0217. The maximum absolute atomic E-state index is 11.3. The van der Waals surface area contributed by atoms with Crippen LogP contribution in [0.2, 0.25) is 0 Å². The molecular weight excluding hydrogens is 408 g/mol. The van der Waals surface area contributed by atoms with Crippen LogP contribution in [0.5, 0.6) is 0 Å². The van der Waals surface area contributed by atoms with E-state index in [1.54, 1.807) is 30.3 Å². The summed E-state index contributed by atoms with van der Waals surface area (Å²) >= 11 is 0. The third-order valence-electron chi connectivity index (χ3n) is 3.80. The van der Waals surface area contributed by atoms with Crippen molar-refractivity contribution in [2.24, 2.45) is 5.73 Å². The van der Waals surface area contributed by atoms with E-state index in [9.17, 15) is 19.2 Å². The normalized spacial score (nSPS) is 11.8. The van der Waals surface area contributed by atoms with Crippen LogP contribution in [-0.2, 0) is 32.1 Å². The monoisotopic (exact) mass is 432 g/mol. The fourth-order valence-corrected chi connectivity index (χ4v) is 2.24. The Hall–Kier alpha value is -3.92. The highest BCUT2D eigenvalue weighted by Gasteiger charge is 2.23. The summed E-state index contributed by atoms with van der Waals surface area (Å²) in [5.74, 6) is -3.71. The lowest BCUT2D eigenvalue weighted by Gasteiger charge is -2.12. The average Bonchev–Trinajstić information content (AvgIpc) is 2.73. The summed E-state index contributed by atoms with van der Waals surface area (Å²) in [6, 6.07) is 15.8. The number of carbonyl (C=O) groups is 4. The number of carboxylic acids is 3. The molecule has 10 heteroatoms. The molecule has 2 aromatic carbocycles. The van der Waals surface area contributed by atoms with Crippen LogP contribution in [0.1, 0.15) is 17.5 Å². The molecule has 2 rings (SSSR count). The highest BCUT2D eigenvalue weighted by atomic mass is 16.5. The fraction of sp³-hybridized carbons (Fsp3) is 0.238. The van der Waals surface area contributed by atoms with Crippen LogP contribution in [0, 0.1) is 0 Å². The molecule has 2 atom stereocenters. The molecule has 0 aliphatic heterocycles. The first kappa shape index (κ1) is 25.1. The number of aliphatic carboxylic acids is 3. The van der Waals surface area contributed by atoms with Gasteiger partial charge in [0.1, 0.15) is 18.7 Å². The standard InChI is InChI=1S/C12H13NO6.C9H11NO2/c14-10(15)6-9(11(16)17)13-12(18)19-7-8-4-2-1-3-5-8;10-8(9(11)12)6-7-4-2-1-3-5-7/h1-5,9H,6-7H2,(H,13,18)(H,14,15)(H,16,17);1-5,8H,6,10H2,(H,11,12)/t9-;8-/m00/s1. The molecule has 0 aliphatic rings. The second-order valence-electron chi connectivity index (χ2n) is 6.33. The van der Waals surface area contributed by atoms with Crippen molar-refractivity contribution in [1.82, 2.24) is 5.32 Å². The van der Waals surface area contributed by atoms with Gasteiger partial charge < -0.3 is 31.1 Å². The van der Waals surface area contributed by atoms with E-state index in [4.69, 9.17) is 25.8 Å². The lowest BCUT2D eigenvalue weighted by molar-refractivity contribution is -0.145. The molecule has 10 nitrogen and oxygen atoms in total. The molecule has 2 aromatic rings. The Morgan fingerprint density at radius 3 is 1.81 bits per heavy atom. The molecule has 0 saturated heterocycles. The number of benzene rings is 2. The van der Waals surface area contributed by atoms with E-state index in [0.717, 1.165) is 11.1 Å². The number of hydrogen-bond acceptors (Lipinski definition) is 6. The fourth-order valence-electron chi connectivity index (χ4n) is 2.24. The summed E-state index contributed by atoms with van der Waals surface area (Å²) in [5.41, 5.74) is 7.04. The molecule has 0 aromatic heterocycles. The van der Waals surface area contributed by atoms with E-state index in [1.165, 1.54) is 0 Å². The molecule has 0 fully saturated rings. The first-order chi connectivity index (χ1) is 14.7. The van der Waals surface area contributed by atoms with E-state index in [1.807, 2.05) is 35.6 Å². The molecular formula is C21H24N2O8. The zero-order valence-corrected chi connectivity index (χ0v) is 16.5. The Labute approximate surface area is 178 Å². The Kier molecular flexibility index (Phi) is 10.8. The SMILES string of the molecule is N[C@@H](Cc1ccccc1)C(=O)O.O=C(O)C[C@H](NC(=O)OCc1ccccc1)C(=O)O. The summed E-state index contributed by atoms with van der Waals surface area (Å²) in [6.07, 6.45) is -1.30. The van der Waals surface area contributed by atoms with Crippen molar-refractivity contribution in [2.75, 3.05) is 0 Å². The van der Waals surface area contributed by atoms with Crippen molar-refractivity contribution >= 4 is 24.0 Å². The number of nitrogens with one attached hydrogen (secondary N) is 1. The summed E-state index contributed by atoms with van der Waals surface area (Å²) in [5, 5.41) is 27.7. The molecule has 0 heterocycles. The van der Waals surface area contributed by atoms with Crippen LogP contribution in [0.15, 0.2) is 60.7 Å². The smallest absolute Gasteiger partial charge is 0.408 e. The maximum Gasteiger partial charge on any atom is 0.408 e. The largest absolute Gasteiger partial charge is 0.481 e. The van der Waals surface area contributed by atoms with Gasteiger partial charge in [-0.1, -0.05) is 60.7 Å². The number of hydrogen-bond donors (Lipinski definition) is 5. The van der Waals surface area contributed by atoms with Crippen molar-refractivity contribution in [3.8, 4) is 0 Å². The molecule has 0 bridgehead atoms. The first-order valence-electron chi connectivity index (χ1n) is 9.13. The summed E-state index contributed by atoms with van der Waals surface area (Å²) < 4.78 is 4.78. The number of amides is 1. The van der Waals surface area contributed by atoms with Gasteiger partial charge in [0.25, 0.3) is 0 Å². The van der Waals surface area contributed by atoms with Gasteiger partial charge in [0.15, 0.2) is 0 Å². The van der Waals surface area contributed by atoms with E-state index in [0.29, 0.717) is 6.42 Å². The summed E-state index contributed by atoms with van der Waals surface area (Å²) in [4.78, 5) is 42.8. The second kappa shape index (κ2) is 13.3. The predicted molar refractivity (Wildman–Crippen MR) is 109 cm³/mol. The number of rotatable bonds is 9. The molecule has 0 spiro atoms. The minimum atomic E-state index is -1.51. The molecule has 0 radical (unpaired) electrons. The van der Waals surface area contributed by atoms with Crippen molar-refractivity contribution in [1.29, 1.82) is 0 Å². The van der Waals surface area contributed by atoms with Crippen LogP contribution in [0.3, 0.4) is 0 Å². The van der Waals surface area contributed by atoms with E-state index in [-0.39, 0.29) is 6.61 Å². The number of carbonyl (C=O) groups excluding carboxylic acids is 1. The van der Waals surface area contributed by atoms with Gasteiger partial charge in [-0.3, -0.25) is 9.59 Å². The third kappa shape index (κ3) is 11.0. The van der Waals surface area contributed by atoms with Gasteiger partial charge in [-0.2, -0.15) is 0 Å². The summed E-state index contributed by atoms with van der Waals surface area (Å²) in [6.45, 7) is -0.0217. The zero-order chi connectivity index (χ0) is 23.2. The molecule has 0 unspecified atom stereocenters. The van der Waals surface area contributed by atoms with Gasteiger partial charge in [-0.15, -0.1) is 0 Å². The number of carboxylic acid groups (broad SMARTS) is 3. The van der Waals surface area contributed by atoms with Crippen molar-refractivity contribution < 1.29 is 39.2 Å². The van der Waals surface area contributed by atoms with Gasteiger partial charge in [-0.05, 0) is 17.5 Å². The van der Waals surface area contributed by atoms with Crippen LogP contribution in [0.25, 0.3) is 0 Å². The molecule has 31 heavy (non-hydrogen) atoms. The summed E-state index contributed by atoms with van der Waals surface area (Å²) in [7, 11) is 0. The number of nitrogens with two attached hydrogens (primary N) is 1. The van der Waals surface area contributed by atoms with Crippen LogP contribution in [-0.4, -0.2) is 51.4 Å². The van der Waals surface area contributed by atoms with Crippen LogP contribution >= 0.6 is 0 Å². The third-order valence-corrected chi connectivity index (χ3v) is 3.80. The Morgan fingerprint density at radius 1 is 0.839 bits per heavy atom. The lowest BCUT2D eigenvalue weighted by atomic mass is 10.1. The van der Waals surface area contributed by atoms with Crippen molar-refractivity contribution in [3.63, 3.8) is 0 Å². The topological polar surface area (TPSA) is 176 Å². The minimum Gasteiger partial charge on any atom is -0.481 e. The van der Waals surface area contributed by atoms with E-state index in [2.05, 4.69) is 0 Å². The maximum atomic E-state index is 11.3. The van der Waals surface area contributed by atoms with Gasteiger partial charge in [-0.25, -0.2) is 9.59 Å². The van der Waals surface area contributed by atoms with Crippen molar-refractivity contribution in [2.45, 2.75) is 31.5 Å². The van der Waals surface area contributed by atoms with E-state index < -0.39 is 42.5 Å². The Morgan fingerprint density at radius 2 is 1.35 bits per heavy atom. The second-order valence-corrected chi connectivity index (χ2v) is 6.33. The average molecular weight is 432 g/mol. The van der Waals surface area contributed by atoms with Crippen LogP contribution < -0.4 is 11.1 Å².